The highest BCUT2D eigenvalue weighted by atomic mass is 32.2. The third-order valence-corrected chi connectivity index (χ3v) is 7.22. The van der Waals surface area contributed by atoms with E-state index in [0.29, 0.717) is 24.2 Å². The molecule has 1 atom stereocenters. The minimum absolute atomic E-state index is 0.0413. The molecule has 1 fully saturated rings. The molecular weight excluding hydrogens is 464 g/mol. The van der Waals surface area contributed by atoms with Gasteiger partial charge in [-0.2, -0.15) is 4.99 Å². The molecule has 35 heavy (non-hydrogen) atoms. The first kappa shape index (κ1) is 24.8. The van der Waals surface area contributed by atoms with Gasteiger partial charge in [-0.15, -0.1) is 0 Å². The molecule has 2 N–H and O–H groups in total. The van der Waals surface area contributed by atoms with E-state index >= 15 is 0 Å². The number of carbonyl (C=O) groups is 3. The molecule has 0 unspecified atom stereocenters. The largest absolute Gasteiger partial charge is 0.496 e. The molecule has 2 aliphatic heterocycles. The summed E-state index contributed by atoms with van der Waals surface area (Å²) in [6.07, 6.45) is 4.08. The molecule has 184 valence electrons. The van der Waals surface area contributed by atoms with Gasteiger partial charge in [-0.3, -0.25) is 14.4 Å². The van der Waals surface area contributed by atoms with Crippen LogP contribution in [0.5, 0.6) is 5.75 Å². The monoisotopic (exact) mass is 494 g/mol. The van der Waals surface area contributed by atoms with Gasteiger partial charge in [0.1, 0.15) is 11.0 Å². The average Bonchev–Trinajstić information content (AvgIpc) is 3.24. The number of ether oxygens (including phenoxy) is 1. The highest BCUT2D eigenvalue weighted by molar-refractivity contribution is 8.15. The van der Waals surface area contributed by atoms with E-state index in [2.05, 4.69) is 20.5 Å². The van der Waals surface area contributed by atoms with Gasteiger partial charge >= 0.3 is 0 Å². The number of likely N-dealkylation sites (tertiary alicyclic amines) is 1. The molecule has 2 heterocycles. The third-order valence-electron chi connectivity index (χ3n) is 6.01. The minimum Gasteiger partial charge on any atom is -0.496 e. The minimum atomic E-state index is -0.506. The van der Waals surface area contributed by atoms with Crippen molar-refractivity contribution < 1.29 is 19.1 Å². The lowest BCUT2D eigenvalue weighted by Gasteiger charge is -2.27. The van der Waals surface area contributed by atoms with Gasteiger partial charge in [0.15, 0.2) is 5.17 Å². The molecule has 0 aliphatic carbocycles. The number of nitrogens with zero attached hydrogens (tertiary/aromatic N) is 2. The van der Waals surface area contributed by atoms with Crippen molar-refractivity contribution in [2.45, 2.75) is 37.4 Å². The van der Waals surface area contributed by atoms with Crippen molar-refractivity contribution in [1.82, 2.24) is 10.2 Å². The topological polar surface area (TPSA) is 100 Å². The van der Waals surface area contributed by atoms with E-state index in [1.165, 1.54) is 18.2 Å². The fourth-order valence-corrected chi connectivity index (χ4v) is 5.29. The second kappa shape index (κ2) is 11.9. The summed E-state index contributed by atoms with van der Waals surface area (Å²) in [6.45, 7) is 2.27. The van der Waals surface area contributed by atoms with E-state index in [-0.39, 0.29) is 24.1 Å². The second-order valence-corrected chi connectivity index (χ2v) is 9.71. The van der Waals surface area contributed by atoms with E-state index < -0.39 is 5.25 Å². The molecule has 0 bridgehead atoms. The van der Waals surface area contributed by atoms with Crippen molar-refractivity contribution in [3.05, 3.63) is 59.7 Å². The molecule has 8 nitrogen and oxygen atoms in total. The normalized spacial score (nSPS) is 17.6. The van der Waals surface area contributed by atoms with Crippen LogP contribution in [0.2, 0.25) is 0 Å². The number of hydrogen-bond acceptors (Lipinski definition) is 6. The molecule has 0 aromatic heterocycles. The number of amidine groups is 1. The summed E-state index contributed by atoms with van der Waals surface area (Å²) in [5, 5.41) is 5.94. The lowest BCUT2D eigenvalue weighted by molar-refractivity contribution is -0.121. The van der Waals surface area contributed by atoms with Crippen LogP contribution in [0, 0.1) is 0 Å². The van der Waals surface area contributed by atoms with Crippen LogP contribution in [-0.4, -0.2) is 59.8 Å². The Bertz CT molecular complexity index is 1110. The number of rotatable bonds is 8. The Hall–Kier alpha value is -3.33. The number of anilines is 1. The predicted molar refractivity (Wildman–Crippen MR) is 138 cm³/mol. The van der Waals surface area contributed by atoms with Gasteiger partial charge in [-0.1, -0.05) is 36.0 Å². The van der Waals surface area contributed by atoms with Crippen molar-refractivity contribution in [2.75, 3.05) is 32.1 Å². The van der Waals surface area contributed by atoms with Crippen LogP contribution in [-0.2, 0) is 16.0 Å². The van der Waals surface area contributed by atoms with Gasteiger partial charge in [-0.05, 0) is 55.5 Å². The Labute approximate surface area is 209 Å². The van der Waals surface area contributed by atoms with E-state index in [9.17, 15) is 14.4 Å². The number of benzene rings is 2. The molecule has 2 aliphatic rings. The lowest BCUT2D eigenvalue weighted by atomic mass is 10.1. The summed E-state index contributed by atoms with van der Waals surface area (Å²) in [6, 6.07) is 14.5. The Balaban J connectivity index is 1.26. The van der Waals surface area contributed by atoms with Crippen LogP contribution in [0.3, 0.4) is 0 Å². The van der Waals surface area contributed by atoms with Crippen LogP contribution in [0.1, 0.15) is 41.6 Å². The number of amides is 3. The average molecular weight is 495 g/mol. The predicted octanol–water partition coefficient (Wildman–Crippen LogP) is 3.48. The van der Waals surface area contributed by atoms with Gasteiger partial charge in [0.05, 0.1) is 7.11 Å². The van der Waals surface area contributed by atoms with Gasteiger partial charge < -0.3 is 20.3 Å². The number of thioether (sulfide) groups is 1. The SMILES string of the molecule is COc1ccccc1CCNC(=O)c1cccc(NC(=O)C[C@@H]2SC(N3CCCCC3)=NC2=O)c1. The van der Waals surface area contributed by atoms with Crippen LogP contribution in [0.4, 0.5) is 5.69 Å². The van der Waals surface area contributed by atoms with Crippen LogP contribution in [0.25, 0.3) is 0 Å². The summed E-state index contributed by atoms with van der Waals surface area (Å²) < 4.78 is 5.35. The van der Waals surface area contributed by atoms with Crippen molar-refractivity contribution in [1.29, 1.82) is 0 Å². The summed E-state index contributed by atoms with van der Waals surface area (Å²) >= 11 is 1.37. The van der Waals surface area contributed by atoms with Crippen LogP contribution >= 0.6 is 11.8 Å². The van der Waals surface area contributed by atoms with E-state index in [4.69, 9.17) is 4.74 Å². The van der Waals surface area contributed by atoms with Gasteiger partial charge in [0, 0.05) is 37.3 Å². The Morgan fingerprint density at radius 3 is 2.71 bits per heavy atom. The zero-order valence-corrected chi connectivity index (χ0v) is 20.6. The second-order valence-electron chi connectivity index (χ2n) is 8.54. The number of para-hydroxylation sites is 1. The molecule has 2 aromatic carbocycles. The van der Waals surface area contributed by atoms with Crippen LogP contribution in [0.15, 0.2) is 53.5 Å². The number of carbonyl (C=O) groups excluding carboxylic acids is 3. The van der Waals surface area contributed by atoms with E-state index in [1.807, 2.05) is 24.3 Å². The summed E-state index contributed by atoms with van der Waals surface area (Å²) in [5.74, 6) is 0.0319. The highest BCUT2D eigenvalue weighted by Gasteiger charge is 2.33. The zero-order chi connectivity index (χ0) is 24.6. The zero-order valence-electron chi connectivity index (χ0n) is 19.8. The Kier molecular flexibility index (Phi) is 8.41. The molecular formula is C26H30N4O4S. The first-order valence-electron chi connectivity index (χ1n) is 11.9. The Morgan fingerprint density at radius 2 is 1.91 bits per heavy atom. The van der Waals surface area contributed by atoms with Crippen molar-refractivity contribution in [3.8, 4) is 5.75 Å². The lowest BCUT2D eigenvalue weighted by Crippen LogP contribution is -2.33. The van der Waals surface area contributed by atoms with Gasteiger partial charge in [-0.25, -0.2) is 0 Å². The number of hydrogen-bond donors (Lipinski definition) is 2. The number of piperidine rings is 1. The quantitative estimate of drug-likeness (QED) is 0.583. The summed E-state index contributed by atoms with van der Waals surface area (Å²) in [5.41, 5.74) is 1.98. The maximum absolute atomic E-state index is 12.6. The van der Waals surface area contributed by atoms with Crippen molar-refractivity contribution >= 4 is 40.3 Å². The fraction of sp³-hybridized carbons (Fsp3) is 0.385. The number of methoxy groups -OCH3 is 1. The highest BCUT2D eigenvalue weighted by Crippen LogP contribution is 2.29. The maximum atomic E-state index is 12.6. The van der Waals surface area contributed by atoms with Gasteiger partial charge in [0.25, 0.3) is 11.8 Å². The van der Waals surface area contributed by atoms with Crippen LogP contribution < -0.4 is 15.4 Å². The van der Waals surface area contributed by atoms with Crippen molar-refractivity contribution in [3.63, 3.8) is 0 Å². The van der Waals surface area contributed by atoms with E-state index in [0.717, 1.165) is 42.4 Å². The third kappa shape index (κ3) is 6.63. The van der Waals surface area contributed by atoms with E-state index in [1.54, 1.807) is 31.4 Å². The van der Waals surface area contributed by atoms with Gasteiger partial charge in [0.2, 0.25) is 5.91 Å². The number of aliphatic imine (C=N–C) groups is 1. The molecule has 0 radical (unpaired) electrons. The fourth-order valence-electron chi connectivity index (χ4n) is 4.17. The molecule has 9 heteroatoms. The molecule has 0 spiro atoms. The molecule has 1 saturated heterocycles. The summed E-state index contributed by atoms with van der Waals surface area (Å²) in [7, 11) is 1.62. The molecule has 3 amide bonds. The first-order chi connectivity index (χ1) is 17.0. The smallest absolute Gasteiger partial charge is 0.262 e. The standard InChI is InChI=1S/C26H30N4O4S/c1-34-21-11-4-3-8-18(21)12-13-27-24(32)19-9-7-10-20(16-19)28-23(31)17-22-25(33)29-26(35-22)30-14-5-2-6-15-30/h3-4,7-11,16,22H,2,5-6,12-15,17H2,1H3,(H,27,32)(H,28,31)/t22-/m0/s1. The maximum Gasteiger partial charge on any atom is 0.262 e. The first-order valence-corrected chi connectivity index (χ1v) is 12.8. The molecule has 2 aromatic rings. The number of nitrogens with one attached hydrogen (secondary N) is 2. The molecule has 4 rings (SSSR count). The molecule has 0 saturated carbocycles. The van der Waals surface area contributed by atoms with Crippen molar-refractivity contribution in [2.24, 2.45) is 4.99 Å². The Morgan fingerprint density at radius 1 is 1.11 bits per heavy atom. The summed E-state index contributed by atoms with van der Waals surface area (Å²) in [4.78, 5) is 43.9.